The fourth-order valence-electron chi connectivity index (χ4n) is 1.71. The first-order valence-electron chi connectivity index (χ1n) is 5.10. The number of rotatable bonds is 4. The molecule has 6 nitrogen and oxygen atoms in total. The highest BCUT2D eigenvalue weighted by Crippen LogP contribution is 2.18. The first-order chi connectivity index (χ1) is 7.89. The molecule has 0 aromatic carbocycles. The highest BCUT2D eigenvalue weighted by atomic mass is 32.2. The van der Waals surface area contributed by atoms with Gasteiger partial charge in [0.25, 0.3) is 0 Å². The van der Waals surface area contributed by atoms with Crippen LogP contribution in [0.4, 0.5) is 0 Å². The quantitative estimate of drug-likeness (QED) is 0.829. The minimum absolute atomic E-state index is 0.0475. The Kier molecular flexibility index (Phi) is 3.28. The molecule has 0 aliphatic carbocycles. The first kappa shape index (κ1) is 12.6. The number of sulfonamides is 1. The summed E-state index contributed by atoms with van der Waals surface area (Å²) in [5, 5.41) is -0.845. The van der Waals surface area contributed by atoms with Crippen molar-refractivity contribution < 1.29 is 21.3 Å². The molecular formula is C9H13NO5S2. The Labute approximate surface area is 100.0 Å². The molecule has 0 bridgehead atoms. The maximum atomic E-state index is 11.8. The molecule has 0 amide bonds. The summed E-state index contributed by atoms with van der Waals surface area (Å²) in [7, 11) is -6.79. The van der Waals surface area contributed by atoms with Crippen molar-refractivity contribution in [3.8, 4) is 0 Å². The largest absolute Gasteiger partial charge is 0.468 e. The number of hydrogen-bond donors (Lipinski definition) is 1. The lowest BCUT2D eigenvalue weighted by Gasteiger charge is -2.10. The third-order valence-corrected chi connectivity index (χ3v) is 6.46. The van der Waals surface area contributed by atoms with Crippen LogP contribution in [0.5, 0.6) is 0 Å². The molecule has 0 saturated carbocycles. The molecule has 8 heteroatoms. The van der Waals surface area contributed by atoms with E-state index < -0.39 is 25.1 Å². The van der Waals surface area contributed by atoms with Crippen molar-refractivity contribution >= 4 is 19.9 Å². The Morgan fingerprint density at radius 3 is 2.76 bits per heavy atom. The van der Waals surface area contributed by atoms with E-state index in [-0.39, 0.29) is 24.5 Å². The number of nitrogens with one attached hydrogen (secondary N) is 1. The molecule has 1 aromatic rings. The SMILES string of the molecule is O=S1(=O)CC[C@@H](S(=O)(=O)NCc2ccco2)C1. The van der Waals surface area contributed by atoms with Crippen molar-refractivity contribution in [3.05, 3.63) is 24.2 Å². The lowest BCUT2D eigenvalue weighted by Crippen LogP contribution is -2.34. The van der Waals surface area contributed by atoms with Gasteiger partial charge in [-0.1, -0.05) is 0 Å². The summed E-state index contributed by atoms with van der Waals surface area (Å²) in [6, 6.07) is 3.30. The van der Waals surface area contributed by atoms with E-state index in [0.29, 0.717) is 5.76 Å². The summed E-state index contributed by atoms with van der Waals surface area (Å²) in [6.07, 6.45) is 1.61. The van der Waals surface area contributed by atoms with Gasteiger partial charge in [0.05, 0.1) is 29.6 Å². The second kappa shape index (κ2) is 4.43. The van der Waals surface area contributed by atoms with Gasteiger partial charge in [0.15, 0.2) is 9.84 Å². The maximum absolute atomic E-state index is 11.8. The minimum atomic E-state index is -3.60. The van der Waals surface area contributed by atoms with Crippen LogP contribution < -0.4 is 4.72 Å². The topological polar surface area (TPSA) is 93.5 Å². The van der Waals surface area contributed by atoms with Crippen LogP contribution in [0.2, 0.25) is 0 Å². The smallest absolute Gasteiger partial charge is 0.215 e. The van der Waals surface area contributed by atoms with Crippen LogP contribution in [0.1, 0.15) is 12.2 Å². The molecule has 2 rings (SSSR count). The van der Waals surface area contributed by atoms with Crippen LogP contribution in [0.15, 0.2) is 22.8 Å². The van der Waals surface area contributed by atoms with Crippen LogP contribution in [-0.2, 0) is 26.4 Å². The van der Waals surface area contributed by atoms with E-state index in [1.807, 2.05) is 0 Å². The second-order valence-corrected chi connectivity index (χ2v) is 8.24. The van der Waals surface area contributed by atoms with Crippen molar-refractivity contribution in [2.24, 2.45) is 0 Å². The minimum Gasteiger partial charge on any atom is -0.468 e. The van der Waals surface area contributed by atoms with E-state index in [2.05, 4.69) is 4.72 Å². The summed E-state index contributed by atoms with van der Waals surface area (Å²) in [4.78, 5) is 0. The summed E-state index contributed by atoms with van der Waals surface area (Å²) in [5.41, 5.74) is 0. The van der Waals surface area contributed by atoms with Crippen LogP contribution >= 0.6 is 0 Å². The Bertz CT molecular complexity index is 573. The van der Waals surface area contributed by atoms with Crippen molar-refractivity contribution in [2.75, 3.05) is 11.5 Å². The van der Waals surface area contributed by atoms with E-state index in [0.717, 1.165) is 0 Å². The van der Waals surface area contributed by atoms with E-state index >= 15 is 0 Å². The molecule has 17 heavy (non-hydrogen) atoms. The molecule has 1 aromatic heterocycles. The summed E-state index contributed by atoms with van der Waals surface area (Å²) in [6.45, 7) is 0.0475. The molecule has 0 spiro atoms. The first-order valence-corrected chi connectivity index (χ1v) is 8.47. The lowest BCUT2D eigenvalue weighted by atomic mass is 10.4. The normalized spacial score (nSPS) is 23.9. The van der Waals surface area contributed by atoms with E-state index in [1.165, 1.54) is 6.26 Å². The van der Waals surface area contributed by atoms with Gasteiger partial charge in [0.1, 0.15) is 5.76 Å². The molecule has 2 heterocycles. The van der Waals surface area contributed by atoms with Gasteiger partial charge < -0.3 is 4.42 Å². The zero-order chi connectivity index (χ0) is 12.5. The average Bonchev–Trinajstić information content (AvgIpc) is 2.84. The molecule has 1 atom stereocenters. The van der Waals surface area contributed by atoms with Gasteiger partial charge in [-0.3, -0.25) is 0 Å². The van der Waals surface area contributed by atoms with Crippen molar-refractivity contribution in [1.82, 2.24) is 4.72 Å². The molecular weight excluding hydrogens is 266 g/mol. The molecule has 1 fully saturated rings. The molecule has 1 N–H and O–H groups in total. The second-order valence-electron chi connectivity index (χ2n) is 3.97. The molecule has 1 aliphatic heterocycles. The van der Waals surface area contributed by atoms with E-state index in [1.54, 1.807) is 12.1 Å². The van der Waals surface area contributed by atoms with Gasteiger partial charge in [-0.15, -0.1) is 0 Å². The third-order valence-electron chi connectivity index (χ3n) is 2.66. The molecule has 1 aliphatic rings. The van der Waals surface area contributed by atoms with Gasteiger partial charge in [-0.2, -0.15) is 0 Å². The third kappa shape index (κ3) is 3.08. The molecule has 96 valence electrons. The summed E-state index contributed by atoms with van der Waals surface area (Å²) < 4.78 is 53.4. The molecule has 0 radical (unpaired) electrons. The van der Waals surface area contributed by atoms with Gasteiger partial charge >= 0.3 is 0 Å². The van der Waals surface area contributed by atoms with Gasteiger partial charge in [-0.25, -0.2) is 21.6 Å². The monoisotopic (exact) mass is 279 g/mol. The lowest BCUT2D eigenvalue weighted by molar-refractivity contribution is 0.497. The van der Waals surface area contributed by atoms with Crippen molar-refractivity contribution in [3.63, 3.8) is 0 Å². The predicted molar refractivity (Wildman–Crippen MR) is 61.5 cm³/mol. The highest BCUT2D eigenvalue weighted by Gasteiger charge is 2.36. The van der Waals surface area contributed by atoms with Crippen LogP contribution in [0, 0.1) is 0 Å². The van der Waals surface area contributed by atoms with Crippen molar-refractivity contribution in [2.45, 2.75) is 18.2 Å². The highest BCUT2D eigenvalue weighted by molar-refractivity contribution is 7.95. The van der Waals surface area contributed by atoms with Crippen LogP contribution in [0.3, 0.4) is 0 Å². The summed E-state index contributed by atoms with van der Waals surface area (Å²) >= 11 is 0. The number of sulfone groups is 1. The Hall–Kier alpha value is -0.860. The van der Waals surface area contributed by atoms with Gasteiger partial charge in [0, 0.05) is 0 Å². The predicted octanol–water partition coefficient (Wildman–Crippen LogP) is -0.114. The summed E-state index contributed by atoms with van der Waals surface area (Å²) in [5.74, 6) is 0.147. The Balaban J connectivity index is 2.00. The average molecular weight is 279 g/mol. The zero-order valence-electron chi connectivity index (χ0n) is 9.00. The van der Waals surface area contributed by atoms with Gasteiger partial charge in [0.2, 0.25) is 10.0 Å². The number of hydrogen-bond acceptors (Lipinski definition) is 5. The fraction of sp³-hybridized carbons (Fsp3) is 0.556. The Morgan fingerprint density at radius 1 is 1.47 bits per heavy atom. The fourth-order valence-corrected chi connectivity index (χ4v) is 5.75. The molecule has 0 unspecified atom stereocenters. The van der Waals surface area contributed by atoms with E-state index in [9.17, 15) is 16.8 Å². The molecule has 1 saturated heterocycles. The number of furan rings is 1. The van der Waals surface area contributed by atoms with Gasteiger partial charge in [-0.05, 0) is 18.6 Å². The van der Waals surface area contributed by atoms with Crippen molar-refractivity contribution in [1.29, 1.82) is 0 Å². The zero-order valence-corrected chi connectivity index (χ0v) is 10.6. The Morgan fingerprint density at radius 2 is 2.24 bits per heavy atom. The van der Waals surface area contributed by atoms with Crippen LogP contribution in [0.25, 0.3) is 0 Å². The van der Waals surface area contributed by atoms with E-state index in [4.69, 9.17) is 4.42 Å². The standard InChI is InChI=1S/C9H13NO5S2/c11-16(12)5-3-9(7-16)17(13,14)10-6-8-2-1-4-15-8/h1-2,4,9-10H,3,5-7H2/t9-/m1/s1. The van der Waals surface area contributed by atoms with Crippen LogP contribution in [-0.4, -0.2) is 33.6 Å². The maximum Gasteiger partial charge on any atom is 0.215 e.